The molecule has 1 rings (SSSR count). The number of nitrogens with two attached hydrogens (primary N) is 1. The van der Waals surface area contributed by atoms with Crippen molar-refractivity contribution in [1.29, 1.82) is 0 Å². The lowest BCUT2D eigenvalue weighted by atomic mass is 10.00. The minimum absolute atomic E-state index is 0.0174. The van der Waals surface area contributed by atoms with Gasteiger partial charge in [-0.2, -0.15) is 0 Å². The largest absolute Gasteiger partial charge is 0.393 e. The fourth-order valence-corrected chi connectivity index (χ4v) is 2.26. The molecule has 2 N–H and O–H groups in total. The van der Waals surface area contributed by atoms with Gasteiger partial charge in [0.1, 0.15) is 0 Å². The number of carbonyl (C=O) groups is 1. The molecule has 0 saturated carbocycles. The van der Waals surface area contributed by atoms with Gasteiger partial charge in [-0.1, -0.05) is 26.1 Å². The van der Waals surface area contributed by atoms with Crippen LogP contribution < -0.4 is 5.73 Å². The summed E-state index contributed by atoms with van der Waals surface area (Å²) in [4.78, 5) is 14.8. The van der Waals surface area contributed by atoms with Crippen LogP contribution in [-0.2, 0) is 9.53 Å². The molecule has 1 aliphatic rings. The molecule has 1 aliphatic heterocycles. The number of nitrogens with zero attached hydrogens (tertiary/aromatic N) is 1. The van der Waals surface area contributed by atoms with E-state index in [-0.39, 0.29) is 11.8 Å². The summed E-state index contributed by atoms with van der Waals surface area (Å²) in [7, 11) is 0. The molecule has 1 fully saturated rings. The predicted octanol–water partition coefficient (Wildman–Crippen LogP) is 1.57. The Morgan fingerprint density at radius 3 is 2.78 bits per heavy atom. The van der Waals surface area contributed by atoms with Crippen molar-refractivity contribution in [2.75, 3.05) is 26.3 Å². The van der Waals surface area contributed by atoms with E-state index in [1.807, 2.05) is 4.90 Å². The average Bonchev–Trinajstić information content (AvgIpc) is 2.34. The molecule has 1 unspecified atom stereocenters. The maximum absolute atomic E-state index is 12.4. The van der Waals surface area contributed by atoms with Gasteiger partial charge in [0.25, 0.3) is 0 Å². The molecule has 0 aromatic rings. The summed E-state index contributed by atoms with van der Waals surface area (Å²) in [5.41, 5.74) is 5.52. The molecule has 5 heteroatoms. The fourth-order valence-electron chi connectivity index (χ4n) is 2.17. The van der Waals surface area contributed by atoms with E-state index in [1.54, 1.807) is 0 Å². The number of carbonyl (C=O) groups excluding carboxylic acids is 1. The monoisotopic (exact) mass is 272 g/mol. The highest BCUT2D eigenvalue weighted by molar-refractivity contribution is 7.80. The van der Waals surface area contributed by atoms with E-state index in [0.29, 0.717) is 30.5 Å². The van der Waals surface area contributed by atoms with Crippen molar-refractivity contribution in [3.05, 3.63) is 0 Å². The molecule has 0 radical (unpaired) electrons. The van der Waals surface area contributed by atoms with Crippen molar-refractivity contribution in [2.24, 2.45) is 17.6 Å². The number of rotatable bonds is 6. The average molecular weight is 272 g/mol. The van der Waals surface area contributed by atoms with Gasteiger partial charge in [-0.25, -0.2) is 0 Å². The third-order valence-corrected chi connectivity index (χ3v) is 3.24. The zero-order valence-electron chi connectivity index (χ0n) is 11.4. The number of thiocarbonyl (C=S) groups is 1. The molecular formula is C13H24N2O2S. The van der Waals surface area contributed by atoms with E-state index in [9.17, 15) is 4.79 Å². The van der Waals surface area contributed by atoms with Crippen LogP contribution in [0.5, 0.6) is 0 Å². The lowest BCUT2D eigenvalue weighted by Gasteiger charge is -2.30. The van der Waals surface area contributed by atoms with Gasteiger partial charge in [0.2, 0.25) is 5.91 Å². The highest BCUT2D eigenvalue weighted by Gasteiger charge is 2.26. The Bertz CT molecular complexity index is 289. The SMILES string of the molecule is CC(C)CN(CCC(N)=S)C(=O)C1CCCOC1. The van der Waals surface area contributed by atoms with E-state index < -0.39 is 0 Å². The van der Waals surface area contributed by atoms with Crippen molar-refractivity contribution in [3.63, 3.8) is 0 Å². The van der Waals surface area contributed by atoms with Gasteiger partial charge in [-0.15, -0.1) is 0 Å². The normalized spacial score (nSPS) is 19.8. The Morgan fingerprint density at radius 2 is 2.28 bits per heavy atom. The van der Waals surface area contributed by atoms with Crippen LogP contribution in [0.25, 0.3) is 0 Å². The fraction of sp³-hybridized carbons (Fsp3) is 0.846. The quantitative estimate of drug-likeness (QED) is 0.746. The van der Waals surface area contributed by atoms with Crippen LogP contribution in [0.1, 0.15) is 33.1 Å². The van der Waals surface area contributed by atoms with Gasteiger partial charge in [0.05, 0.1) is 17.5 Å². The third-order valence-electron chi connectivity index (χ3n) is 3.03. The maximum Gasteiger partial charge on any atom is 0.228 e. The summed E-state index contributed by atoms with van der Waals surface area (Å²) >= 11 is 4.89. The second kappa shape index (κ2) is 7.69. The highest BCUT2D eigenvalue weighted by atomic mass is 32.1. The first-order valence-electron chi connectivity index (χ1n) is 6.65. The van der Waals surface area contributed by atoms with E-state index >= 15 is 0 Å². The number of ether oxygens (including phenoxy) is 1. The Hall–Kier alpha value is -0.680. The molecule has 1 heterocycles. The van der Waals surface area contributed by atoms with Crippen LogP contribution >= 0.6 is 12.2 Å². The summed E-state index contributed by atoms with van der Waals surface area (Å²) in [6.45, 7) is 6.94. The van der Waals surface area contributed by atoms with Gasteiger partial charge in [0.15, 0.2) is 0 Å². The molecule has 1 saturated heterocycles. The Labute approximate surface area is 115 Å². The Morgan fingerprint density at radius 1 is 1.56 bits per heavy atom. The second-order valence-corrected chi connectivity index (χ2v) is 5.83. The molecule has 4 nitrogen and oxygen atoms in total. The molecule has 1 amide bonds. The van der Waals surface area contributed by atoms with Crippen molar-refractivity contribution in [3.8, 4) is 0 Å². The minimum Gasteiger partial charge on any atom is -0.393 e. The first kappa shape index (κ1) is 15.4. The summed E-state index contributed by atoms with van der Waals surface area (Å²) < 4.78 is 5.39. The van der Waals surface area contributed by atoms with Crippen LogP contribution in [0.15, 0.2) is 0 Å². The molecule has 104 valence electrons. The minimum atomic E-state index is 0.0174. The van der Waals surface area contributed by atoms with E-state index in [4.69, 9.17) is 22.7 Å². The van der Waals surface area contributed by atoms with Gasteiger partial charge >= 0.3 is 0 Å². The topological polar surface area (TPSA) is 55.6 Å². The van der Waals surface area contributed by atoms with Crippen molar-refractivity contribution in [2.45, 2.75) is 33.1 Å². The lowest BCUT2D eigenvalue weighted by molar-refractivity contribution is -0.140. The third kappa shape index (κ3) is 5.31. The molecule has 0 aromatic heterocycles. The summed E-state index contributed by atoms with van der Waals surface area (Å²) in [6, 6.07) is 0. The first-order valence-corrected chi connectivity index (χ1v) is 7.06. The maximum atomic E-state index is 12.4. The van der Waals surface area contributed by atoms with Crippen molar-refractivity contribution < 1.29 is 9.53 Å². The molecule has 0 aliphatic carbocycles. The summed E-state index contributed by atoms with van der Waals surface area (Å²) in [5, 5.41) is 0. The lowest BCUT2D eigenvalue weighted by Crippen LogP contribution is -2.42. The molecule has 0 spiro atoms. The van der Waals surface area contributed by atoms with Gasteiger partial charge in [-0.3, -0.25) is 4.79 Å². The molecule has 0 aromatic carbocycles. The molecule has 0 bridgehead atoms. The Kier molecular flexibility index (Phi) is 6.57. The number of hydrogen-bond acceptors (Lipinski definition) is 3. The van der Waals surface area contributed by atoms with Gasteiger partial charge in [0, 0.05) is 26.1 Å². The summed E-state index contributed by atoms with van der Waals surface area (Å²) in [5.74, 6) is 0.660. The second-order valence-electron chi connectivity index (χ2n) is 5.31. The van der Waals surface area contributed by atoms with Gasteiger partial charge in [-0.05, 0) is 18.8 Å². The number of amides is 1. The Balaban J connectivity index is 2.55. The van der Waals surface area contributed by atoms with Crippen LogP contribution in [0, 0.1) is 11.8 Å². The van der Waals surface area contributed by atoms with Crippen LogP contribution in [-0.4, -0.2) is 42.1 Å². The van der Waals surface area contributed by atoms with E-state index in [1.165, 1.54) is 0 Å². The van der Waals surface area contributed by atoms with Gasteiger partial charge < -0.3 is 15.4 Å². The van der Waals surface area contributed by atoms with E-state index in [0.717, 1.165) is 26.0 Å². The first-order chi connectivity index (χ1) is 8.50. The molecule has 18 heavy (non-hydrogen) atoms. The highest BCUT2D eigenvalue weighted by Crippen LogP contribution is 2.17. The van der Waals surface area contributed by atoms with Crippen LogP contribution in [0.2, 0.25) is 0 Å². The van der Waals surface area contributed by atoms with Crippen molar-refractivity contribution in [1.82, 2.24) is 4.90 Å². The summed E-state index contributed by atoms with van der Waals surface area (Å²) in [6.07, 6.45) is 2.50. The number of hydrogen-bond donors (Lipinski definition) is 1. The van der Waals surface area contributed by atoms with E-state index in [2.05, 4.69) is 13.8 Å². The van der Waals surface area contributed by atoms with Crippen LogP contribution in [0.3, 0.4) is 0 Å². The van der Waals surface area contributed by atoms with Crippen molar-refractivity contribution >= 4 is 23.1 Å². The zero-order chi connectivity index (χ0) is 13.5. The smallest absolute Gasteiger partial charge is 0.228 e. The predicted molar refractivity (Wildman–Crippen MR) is 76.4 cm³/mol. The molecular weight excluding hydrogens is 248 g/mol. The standard InChI is InChI=1S/C13H24N2O2S/c1-10(2)8-15(6-5-12(14)18)13(16)11-4-3-7-17-9-11/h10-11H,3-9H2,1-2H3,(H2,14,18). The zero-order valence-corrected chi connectivity index (χ0v) is 12.2. The van der Waals surface area contributed by atoms with Crippen LogP contribution in [0.4, 0.5) is 0 Å². The molecule has 1 atom stereocenters.